The van der Waals surface area contributed by atoms with E-state index in [4.69, 9.17) is 0 Å². The number of nitrogens with zero attached hydrogens (tertiary/aromatic N) is 4. The van der Waals surface area contributed by atoms with E-state index in [1.54, 1.807) is 12.4 Å². The molecule has 0 saturated heterocycles. The van der Waals surface area contributed by atoms with Gasteiger partial charge >= 0.3 is 0 Å². The van der Waals surface area contributed by atoms with Crippen LogP contribution in [0.2, 0.25) is 0 Å². The molecule has 0 aliphatic rings. The van der Waals surface area contributed by atoms with E-state index in [9.17, 15) is 0 Å². The lowest BCUT2D eigenvalue weighted by molar-refractivity contribution is 0.406. The largest absolute Gasteiger partial charge is 0.337 e. The van der Waals surface area contributed by atoms with Gasteiger partial charge in [-0.3, -0.25) is 0 Å². The normalized spacial score (nSPS) is 11.1. The van der Waals surface area contributed by atoms with Gasteiger partial charge in [0.25, 0.3) is 0 Å². The Balaban J connectivity index is 2.66. The monoisotopic (exact) mass is 208 g/mol. The van der Waals surface area contributed by atoms with Gasteiger partial charge in [0.15, 0.2) is 0 Å². The fourth-order valence-corrected chi connectivity index (χ4v) is 1.34. The number of anilines is 1. The van der Waals surface area contributed by atoms with Crippen LogP contribution in [-0.4, -0.2) is 48.1 Å². The first-order valence-corrected chi connectivity index (χ1v) is 5.29. The zero-order valence-electron chi connectivity index (χ0n) is 10.0. The Hall–Kier alpha value is -1.16. The molecule has 0 aliphatic heterocycles. The van der Waals surface area contributed by atoms with Gasteiger partial charge in [-0.25, -0.2) is 9.97 Å². The molecule has 4 heteroatoms. The quantitative estimate of drug-likeness (QED) is 0.729. The summed E-state index contributed by atoms with van der Waals surface area (Å²) in [6.07, 6.45) is 3.57. The van der Waals surface area contributed by atoms with E-state index in [1.807, 2.05) is 6.07 Å². The van der Waals surface area contributed by atoms with Crippen molar-refractivity contribution in [3.8, 4) is 0 Å². The summed E-state index contributed by atoms with van der Waals surface area (Å²) in [6, 6.07) is 2.26. The molecule has 0 aliphatic carbocycles. The van der Waals surface area contributed by atoms with Crippen LogP contribution in [0, 0.1) is 0 Å². The van der Waals surface area contributed by atoms with Crippen LogP contribution >= 0.6 is 0 Å². The maximum Gasteiger partial charge on any atom is 0.225 e. The van der Waals surface area contributed by atoms with Crippen molar-refractivity contribution in [1.82, 2.24) is 14.9 Å². The van der Waals surface area contributed by atoms with Crippen molar-refractivity contribution in [1.29, 1.82) is 0 Å². The Morgan fingerprint density at radius 3 is 2.20 bits per heavy atom. The van der Waals surface area contributed by atoms with Crippen molar-refractivity contribution in [3.05, 3.63) is 18.5 Å². The van der Waals surface area contributed by atoms with E-state index in [2.05, 4.69) is 47.7 Å². The van der Waals surface area contributed by atoms with Gasteiger partial charge in [0.05, 0.1) is 0 Å². The SMILES string of the molecule is CC(C)N(CCN(C)C)c1ncccn1. The smallest absolute Gasteiger partial charge is 0.225 e. The van der Waals surface area contributed by atoms with Crippen molar-refractivity contribution in [3.63, 3.8) is 0 Å². The average Bonchev–Trinajstić information content (AvgIpc) is 2.18. The molecule has 0 amide bonds. The van der Waals surface area contributed by atoms with Crippen LogP contribution in [0.3, 0.4) is 0 Å². The summed E-state index contributed by atoms with van der Waals surface area (Å²) in [6.45, 7) is 6.28. The van der Waals surface area contributed by atoms with E-state index in [1.165, 1.54) is 0 Å². The number of hydrogen-bond acceptors (Lipinski definition) is 4. The van der Waals surface area contributed by atoms with Crippen LogP contribution in [0.1, 0.15) is 13.8 Å². The zero-order valence-corrected chi connectivity index (χ0v) is 10.0. The summed E-state index contributed by atoms with van der Waals surface area (Å²) in [5.41, 5.74) is 0. The van der Waals surface area contributed by atoms with Crippen molar-refractivity contribution in [2.45, 2.75) is 19.9 Å². The predicted molar refractivity (Wildman–Crippen MR) is 63.1 cm³/mol. The molecule has 1 aromatic rings. The van der Waals surface area contributed by atoms with Crippen LogP contribution in [-0.2, 0) is 0 Å². The molecule has 1 rings (SSSR count). The highest BCUT2D eigenvalue weighted by atomic mass is 15.3. The van der Waals surface area contributed by atoms with Crippen LogP contribution in [0.5, 0.6) is 0 Å². The third kappa shape index (κ3) is 3.83. The van der Waals surface area contributed by atoms with Gasteiger partial charge in [0.1, 0.15) is 0 Å². The number of hydrogen-bond donors (Lipinski definition) is 0. The molecular weight excluding hydrogens is 188 g/mol. The van der Waals surface area contributed by atoms with Crippen LogP contribution in [0.25, 0.3) is 0 Å². The van der Waals surface area contributed by atoms with Gasteiger partial charge in [-0.05, 0) is 34.0 Å². The first kappa shape index (κ1) is 11.9. The molecule has 0 aromatic carbocycles. The maximum absolute atomic E-state index is 4.27. The second-order valence-electron chi connectivity index (χ2n) is 4.14. The van der Waals surface area contributed by atoms with Gasteiger partial charge in [-0.1, -0.05) is 0 Å². The number of aromatic nitrogens is 2. The Morgan fingerprint density at radius 2 is 1.73 bits per heavy atom. The van der Waals surface area contributed by atoms with E-state index in [0.717, 1.165) is 19.0 Å². The lowest BCUT2D eigenvalue weighted by atomic mass is 10.3. The summed E-state index contributed by atoms with van der Waals surface area (Å²) in [4.78, 5) is 12.9. The van der Waals surface area contributed by atoms with Crippen molar-refractivity contribution < 1.29 is 0 Å². The highest BCUT2D eigenvalue weighted by molar-refractivity contribution is 5.29. The topological polar surface area (TPSA) is 32.3 Å². The van der Waals surface area contributed by atoms with Gasteiger partial charge in [0.2, 0.25) is 5.95 Å². The zero-order chi connectivity index (χ0) is 11.3. The predicted octanol–water partition coefficient (Wildman–Crippen LogP) is 1.25. The molecular formula is C11H20N4. The minimum Gasteiger partial charge on any atom is -0.337 e. The molecule has 15 heavy (non-hydrogen) atoms. The van der Waals surface area contributed by atoms with Crippen molar-refractivity contribution >= 4 is 5.95 Å². The molecule has 0 bridgehead atoms. The van der Waals surface area contributed by atoms with E-state index >= 15 is 0 Å². The third-order valence-corrected chi connectivity index (χ3v) is 2.22. The Kier molecular flexibility index (Phi) is 4.49. The average molecular weight is 208 g/mol. The summed E-state index contributed by atoms with van der Waals surface area (Å²) in [7, 11) is 4.15. The first-order valence-electron chi connectivity index (χ1n) is 5.29. The first-order chi connectivity index (χ1) is 7.11. The lowest BCUT2D eigenvalue weighted by Gasteiger charge is -2.27. The second-order valence-corrected chi connectivity index (χ2v) is 4.14. The second kappa shape index (κ2) is 5.66. The third-order valence-electron chi connectivity index (χ3n) is 2.22. The summed E-state index contributed by atoms with van der Waals surface area (Å²) in [5.74, 6) is 0.814. The molecule has 0 unspecified atom stereocenters. The maximum atomic E-state index is 4.27. The van der Waals surface area contributed by atoms with Crippen LogP contribution in [0.15, 0.2) is 18.5 Å². The Morgan fingerprint density at radius 1 is 1.13 bits per heavy atom. The van der Waals surface area contributed by atoms with Gasteiger partial charge in [-0.15, -0.1) is 0 Å². The van der Waals surface area contributed by atoms with E-state index in [0.29, 0.717) is 6.04 Å². The Labute approximate surface area is 91.9 Å². The molecule has 0 radical (unpaired) electrons. The molecule has 1 aromatic heterocycles. The molecule has 0 N–H and O–H groups in total. The molecule has 0 atom stereocenters. The number of rotatable bonds is 5. The van der Waals surface area contributed by atoms with Crippen LogP contribution in [0.4, 0.5) is 5.95 Å². The van der Waals surface area contributed by atoms with Gasteiger partial charge < -0.3 is 9.80 Å². The molecule has 84 valence electrons. The van der Waals surface area contributed by atoms with Crippen molar-refractivity contribution in [2.24, 2.45) is 0 Å². The van der Waals surface area contributed by atoms with Gasteiger partial charge in [-0.2, -0.15) is 0 Å². The highest BCUT2D eigenvalue weighted by Gasteiger charge is 2.12. The fourth-order valence-electron chi connectivity index (χ4n) is 1.34. The van der Waals surface area contributed by atoms with Crippen molar-refractivity contribution in [2.75, 3.05) is 32.1 Å². The minimum absolute atomic E-state index is 0.423. The standard InChI is InChI=1S/C11H20N4/c1-10(2)15(9-8-14(3)4)11-12-6-5-7-13-11/h5-7,10H,8-9H2,1-4H3. The molecule has 0 spiro atoms. The van der Waals surface area contributed by atoms with E-state index in [-0.39, 0.29) is 0 Å². The summed E-state index contributed by atoms with van der Waals surface area (Å²) < 4.78 is 0. The molecule has 4 nitrogen and oxygen atoms in total. The minimum atomic E-state index is 0.423. The number of likely N-dealkylation sites (N-methyl/N-ethyl adjacent to an activating group) is 1. The lowest BCUT2D eigenvalue weighted by Crippen LogP contribution is -2.37. The molecule has 0 fully saturated rings. The fraction of sp³-hybridized carbons (Fsp3) is 0.636. The van der Waals surface area contributed by atoms with Crippen LogP contribution < -0.4 is 4.90 Å². The summed E-state index contributed by atoms with van der Waals surface area (Å²) in [5, 5.41) is 0. The highest BCUT2D eigenvalue weighted by Crippen LogP contribution is 2.08. The molecule has 1 heterocycles. The van der Waals surface area contributed by atoms with E-state index < -0.39 is 0 Å². The summed E-state index contributed by atoms with van der Waals surface area (Å²) >= 11 is 0. The Bertz CT molecular complexity index is 271. The van der Waals surface area contributed by atoms with Gasteiger partial charge in [0, 0.05) is 31.5 Å². The molecule has 0 saturated carbocycles.